The average molecular weight is 392 g/mol. The van der Waals surface area contributed by atoms with Gasteiger partial charge in [-0.2, -0.15) is 13.2 Å². The highest BCUT2D eigenvalue weighted by atomic mass is 79.9. The van der Waals surface area contributed by atoms with Gasteiger partial charge in [-0.05, 0) is 52.7 Å². The first kappa shape index (κ1) is 17.4. The largest absolute Gasteiger partial charge is 0.491 e. The molecule has 0 saturated carbocycles. The predicted octanol–water partition coefficient (Wildman–Crippen LogP) is 5.10. The summed E-state index contributed by atoms with van der Waals surface area (Å²) >= 11 is 3.05. The Kier molecular flexibility index (Phi) is 5.35. The summed E-state index contributed by atoms with van der Waals surface area (Å²) in [4.78, 5) is 12.1. The summed E-state index contributed by atoms with van der Waals surface area (Å²) in [7, 11) is 0. The number of alkyl halides is 3. The lowest BCUT2D eigenvalue weighted by Crippen LogP contribution is -2.14. The molecule has 0 fully saturated rings. The number of furan rings is 1. The number of halogens is 4. The second-order valence-corrected chi connectivity index (χ2v) is 5.40. The summed E-state index contributed by atoms with van der Waals surface area (Å²) in [6.45, 7) is 2.18. The molecule has 8 heteroatoms. The summed E-state index contributed by atoms with van der Waals surface area (Å²) in [5.41, 5.74) is -0.942. The molecule has 1 aromatic carbocycles. The van der Waals surface area contributed by atoms with E-state index in [0.29, 0.717) is 17.7 Å². The Hall–Kier alpha value is -1.96. The molecule has 124 valence electrons. The maximum absolute atomic E-state index is 12.8. The molecule has 0 saturated heterocycles. The maximum atomic E-state index is 12.8. The van der Waals surface area contributed by atoms with Crippen molar-refractivity contribution in [3.8, 4) is 5.75 Å². The first-order valence-corrected chi connectivity index (χ1v) is 7.51. The summed E-state index contributed by atoms with van der Waals surface area (Å²) < 4.78 is 49.3. The first-order chi connectivity index (χ1) is 10.8. The van der Waals surface area contributed by atoms with Crippen molar-refractivity contribution < 1.29 is 27.1 Å². The van der Waals surface area contributed by atoms with Gasteiger partial charge in [0.1, 0.15) is 5.75 Å². The topological polar surface area (TPSA) is 51.5 Å². The Morgan fingerprint density at radius 3 is 2.61 bits per heavy atom. The number of ether oxygens (including phenoxy) is 1. The van der Waals surface area contributed by atoms with Crippen molar-refractivity contribution in [2.24, 2.45) is 0 Å². The molecule has 2 rings (SSSR count). The lowest BCUT2D eigenvalue weighted by molar-refractivity contribution is -0.137. The molecule has 0 aliphatic heterocycles. The van der Waals surface area contributed by atoms with E-state index in [2.05, 4.69) is 21.2 Å². The van der Waals surface area contributed by atoms with Gasteiger partial charge in [0.05, 0.1) is 17.9 Å². The Bertz CT molecular complexity index is 698. The van der Waals surface area contributed by atoms with Gasteiger partial charge in [0.25, 0.3) is 5.91 Å². The Morgan fingerprint density at radius 2 is 2.04 bits per heavy atom. The zero-order chi connectivity index (χ0) is 17.0. The molecule has 0 atom stereocenters. The highest BCUT2D eigenvalue weighted by Crippen LogP contribution is 2.35. The van der Waals surface area contributed by atoms with Gasteiger partial charge in [0.15, 0.2) is 10.4 Å². The van der Waals surface area contributed by atoms with Gasteiger partial charge in [-0.25, -0.2) is 0 Å². The van der Waals surface area contributed by atoms with Gasteiger partial charge >= 0.3 is 6.18 Å². The lowest BCUT2D eigenvalue weighted by atomic mass is 10.1. The number of nitrogens with one attached hydrogen (secondary N) is 1. The van der Waals surface area contributed by atoms with Gasteiger partial charge in [0.2, 0.25) is 0 Å². The minimum absolute atomic E-state index is 0.0317. The van der Waals surface area contributed by atoms with Crippen molar-refractivity contribution in [2.45, 2.75) is 19.5 Å². The number of hydrogen-bond acceptors (Lipinski definition) is 3. The van der Waals surface area contributed by atoms with Crippen LogP contribution in [-0.4, -0.2) is 12.5 Å². The molecule has 1 heterocycles. The zero-order valence-electron chi connectivity index (χ0n) is 12.0. The molecule has 0 aliphatic rings. The lowest BCUT2D eigenvalue weighted by Gasteiger charge is -2.14. The highest BCUT2D eigenvalue weighted by Gasteiger charge is 2.31. The van der Waals surface area contributed by atoms with Crippen molar-refractivity contribution in [3.05, 3.63) is 46.3 Å². The van der Waals surface area contributed by atoms with Crippen LogP contribution in [0.3, 0.4) is 0 Å². The predicted molar refractivity (Wildman–Crippen MR) is 81.6 cm³/mol. The highest BCUT2D eigenvalue weighted by molar-refractivity contribution is 9.10. The number of benzene rings is 1. The van der Waals surface area contributed by atoms with E-state index in [1.54, 1.807) is 0 Å². The SMILES string of the molecule is CCCOc1ccc(C(F)(F)F)cc1NC(=O)c1ccc(Br)o1. The van der Waals surface area contributed by atoms with Gasteiger partial charge in [-0.1, -0.05) is 6.92 Å². The fourth-order valence-corrected chi connectivity index (χ4v) is 2.07. The van der Waals surface area contributed by atoms with Crippen LogP contribution in [0.25, 0.3) is 0 Å². The Morgan fingerprint density at radius 1 is 1.30 bits per heavy atom. The van der Waals surface area contributed by atoms with E-state index in [0.717, 1.165) is 12.1 Å². The molecule has 0 bridgehead atoms. The third-order valence-corrected chi connectivity index (χ3v) is 3.24. The Balaban J connectivity index is 2.30. The number of hydrogen-bond donors (Lipinski definition) is 1. The van der Waals surface area contributed by atoms with Crippen LogP contribution in [0.5, 0.6) is 5.75 Å². The second kappa shape index (κ2) is 7.08. The van der Waals surface area contributed by atoms with Crippen molar-refractivity contribution in [3.63, 3.8) is 0 Å². The molecule has 2 aromatic rings. The van der Waals surface area contributed by atoms with Crippen LogP contribution in [0.1, 0.15) is 29.5 Å². The molecule has 23 heavy (non-hydrogen) atoms. The maximum Gasteiger partial charge on any atom is 0.416 e. The number of carbonyl (C=O) groups is 1. The van der Waals surface area contributed by atoms with Crippen LogP contribution < -0.4 is 10.1 Å². The number of carbonyl (C=O) groups excluding carboxylic acids is 1. The minimum atomic E-state index is -4.52. The summed E-state index contributed by atoms with van der Waals surface area (Å²) in [6.07, 6.45) is -3.84. The molecule has 1 aromatic heterocycles. The summed E-state index contributed by atoms with van der Waals surface area (Å²) in [5.74, 6) is -0.536. The fraction of sp³-hybridized carbons (Fsp3) is 0.267. The summed E-state index contributed by atoms with van der Waals surface area (Å²) in [5, 5.41) is 2.38. The number of rotatable bonds is 5. The molecule has 0 radical (unpaired) electrons. The van der Waals surface area contributed by atoms with Crippen LogP contribution in [0.4, 0.5) is 18.9 Å². The van der Waals surface area contributed by atoms with Gasteiger partial charge in [0, 0.05) is 0 Å². The van der Waals surface area contributed by atoms with E-state index in [4.69, 9.17) is 9.15 Å². The van der Waals surface area contributed by atoms with E-state index in [1.165, 1.54) is 18.2 Å². The Labute approximate surface area is 138 Å². The van der Waals surface area contributed by atoms with Crippen molar-refractivity contribution in [1.82, 2.24) is 0 Å². The van der Waals surface area contributed by atoms with E-state index in [1.807, 2.05) is 6.92 Å². The van der Waals surface area contributed by atoms with Crippen LogP contribution in [0, 0.1) is 0 Å². The fourth-order valence-electron chi connectivity index (χ4n) is 1.76. The standard InChI is InChI=1S/C15H13BrF3NO3/c1-2-7-22-11-4-3-9(15(17,18)19)8-10(11)20-14(21)12-5-6-13(16)23-12/h3-6,8H,2,7H2,1H3,(H,20,21). The third-order valence-electron chi connectivity index (χ3n) is 2.81. The van der Waals surface area contributed by atoms with E-state index in [9.17, 15) is 18.0 Å². The van der Waals surface area contributed by atoms with Crippen molar-refractivity contribution >= 4 is 27.5 Å². The number of amides is 1. The van der Waals surface area contributed by atoms with E-state index >= 15 is 0 Å². The molecule has 0 unspecified atom stereocenters. The van der Waals surface area contributed by atoms with Crippen LogP contribution >= 0.6 is 15.9 Å². The van der Waals surface area contributed by atoms with Gasteiger partial charge < -0.3 is 14.5 Å². The summed E-state index contributed by atoms with van der Waals surface area (Å²) in [6, 6.07) is 5.84. The smallest absolute Gasteiger partial charge is 0.416 e. The molecule has 0 spiro atoms. The van der Waals surface area contributed by atoms with Gasteiger partial charge in [-0.3, -0.25) is 4.79 Å². The second-order valence-electron chi connectivity index (χ2n) is 4.62. The molecule has 4 nitrogen and oxygen atoms in total. The third kappa shape index (κ3) is 4.51. The minimum Gasteiger partial charge on any atom is -0.491 e. The van der Waals surface area contributed by atoms with Crippen LogP contribution in [-0.2, 0) is 6.18 Å². The monoisotopic (exact) mass is 391 g/mol. The molecular weight excluding hydrogens is 379 g/mol. The number of anilines is 1. The van der Waals surface area contributed by atoms with E-state index < -0.39 is 17.6 Å². The first-order valence-electron chi connectivity index (χ1n) is 6.72. The van der Waals surface area contributed by atoms with Crippen molar-refractivity contribution in [2.75, 3.05) is 11.9 Å². The normalized spacial score (nSPS) is 11.3. The molecular formula is C15H13BrF3NO3. The molecule has 1 N–H and O–H groups in total. The van der Waals surface area contributed by atoms with Crippen LogP contribution in [0.2, 0.25) is 0 Å². The molecule has 0 aliphatic carbocycles. The van der Waals surface area contributed by atoms with Gasteiger partial charge in [-0.15, -0.1) is 0 Å². The zero-order valence-corrected chi connectivity index (χ0v) is 13.6. The molecule has 1 amide bonds. The van der Waals surface area contributed by atoms with E-state index in [-0.39, 0.29) is 17.2 Å². The van der Waals surface area contributed by atoms with Crippen LogP contribution in [0.15, 0.2) is 39.4 Å². The average Bonchev–Trinajstić information content (AvgIpc) is 2.91. The quantitative estimate of drug-likeness (QED) is 0.770. The van der Waals surface area contributed by atoms with Crippen molar-refractivity contribution in [1.29, 1.82) is 0 Å².